The van der Waals surface area contributed by atoms with E-state index in [1.165, 1.54) is 11.3 Å². The van der Waals surface area contributed by atoms with Crippen LogP contribution in [0.3, 0.4) is 0 Å². The summed E-state index contributed by atoms with van der Waals surface area (Å²) in [5.41, 5.74) is 0.558. The van der Waals surface area contributed by atoms with Crippen molar-refractivity contribution < 1.29 is 14.3 Å². The highest BCUT2D eigenvalue weighted by molar-refractivity contribution is 7.15. The van der Waals surface area contributed by atoms with E-state index in [4.69, 9.17) is 21.1 Å². The number of nitrogens with zero attached hydrogens (tertiary/aromatic N) is 4. The van der Waals surface area contributed by atoms with Gasteiger partial charge in [0, 0.05) is 11.0 Å². The average molecular weight is 455 g/mol. The Morgan fingerprint density at radius 2 is 2.10 bits per heavy atom. The predicted octanol–water partition coefficient (Wildman–Crippen LogP) is 3.62. The van der Waals surface area contributed by atoms with Crippen LogP contribution < -0.4 is 9.38 Å². The van der Waals surface area contributed by atoms with E-state index in [1.54, 1.807) is 26.1 Å². The summed E-state index contributed by atoms with van der Waals surface area (Å²) < 4.78 is 10.5. The van der Waals surface area contributed by atoms with E-state index < -0.39 is 22.9 Å². The Hall–Kier alpha value is -1.78. The molecule has 10 heteroatoms. The second-order valence-electron chi connectivity index (χ2n) is 8.51. The number of carbonyl (C=O) groups is 1. The van der Waals surface area contributed by atoms with Crippen LogP contribution >= 0.6 is 22.9 Å². The summed E-state index contributed by atoms with van der Waals surface area (Å²) in [7, 11) is 1.81. The molecule has 3 atom stereocenters. The van der Waals surface area contributed by atoms with E-state index in [1.807, 2.05) is 37.8 Å². The first-order chi connectivity index (χ1) is 14.0. The lowest BCUT2D eigenvalue weighted by Gasteiger charge is -2.38. The Balaban J connectivity index is 1.75. The predicted molar refractivity (Wildman–Crippen MR) is 117 cm³/mol. The zero-order chi connectivity index (χ0) is 22.1. The molecule has 8 nitrogen and oxygen atoms in total. The molecule has 1 aromatic heterocycles. The maximum atomic E-state index is 13.7. The number of rotatable bonds is 6. The van der Waals surface area contributed by atoms with Gasteiger partial charge in [-0.1, -0.05) is 44.1 Å². The summed E-state index contributed by atoms with van der Waals surface area (Å²) >= 11 is 7.19. The van der Waals surface area contributed by atoms with Crippen LogP contribution in [0.15, 0.2) is 24.3 Å². The minimum Gasteiger partial charge on any atom is -0.622 e. The molecule has 164 valence electrons. The SMILES string of the molecule is CC(Oc1ccccc1CCl)C(=O)OC1CN(C)C[N+]1([O-])c1nnc(C(C)(C)C)s1. The molecule has 0 bridgehead atoms. The fraction of sp³-hybridized carbons (Fsp3) is 0.550. The number of ether oxygens (including phenoxy) is 2. The molecular weight excluding hydrogens is 428 g/mol. The first-order valence-corrected chi connectivity index (χ1v) is 11.0. The largest absolute Gasteiger partial charge is 0.622 e. The summed E-state index contributed by atoms with van der Waals surface area (Å²) in [5.74, 6) is 0.167. The highest BCUT2D eigenvalue weighted by atomic mass is 35.5. The van der Waals surface area contributed by atoms with Crippen LogP contribution in [0.5, 0.6) is 5.75 Å². The molecule has 0 spiro atoms. The third-order valence-corrected chi connectivity index (χ3v) is 6.52. The van der Waals surface area contributed by atoms with Crippen molar-refractivity contribution in [1.82, 2.24) is 19.7 Å². The summed E-state index contributed by atoms with van der Waals surface area (Å²) in [6, 6.07) is 7.22. The van der Waals surface area contributed by atoms with Crippen molar-refractivity contribution in [3.05, 3.63) is 40.0 Å². The van der Waals surface area contributed by atoms with Crippen molar-refractivity contribution in [2.24, 2.45) is 0 Å². The molecule has 3 unspecified atom stereocenters. The molecule has 2 aromatic rings. The first-order valence-electron chi connectivity index (χ1n) is 9.67. The van der Waals surface area contributed by atoms with Crippen molar-refractivity contribution in [1.29, 1.82) is 0 Å². The third kappa shape index (κ3) is 4.76. The monoisotopic (exact) mass is 454 g/mol. The first kappa shape index (κ1) is 22.9. The van der Waals surface area contributed by atoms with Gasteiger partial charge in [-0.2, -0.15) is 0 Å². The molecule has 0 amide bonds. The lowest BCUT2D eigenvalue weighted by atomic mass is 9.98. The van der Waals surface area contributed by atoms with Gasteiger partial charge in [-0.25, -0.2) is 9.69 Å². The van der Waals surface area contributed by atoms with Crippen molar-refractivity contribution in [3.8, 4) is 5.75 Å². The van der Waals surface area contributed by atoms with Crippen LogP contribution in [0.4, 0.5) is 5.13 Å². The van der Waals surface area contributed by atoms with Crippen LogP contribution in [-0.2, 0) is 20.8 Å². The quantitative estimate of drug-likeness (QED) is 0.285. The molecule has 30 heavy (non-hydrogen) atoms. The number of likely N-dealkylation sites (N-methyl/N-ethyl adjacent to an activating group) is 1. The van der Waals surface area contributed by atoms with Crippen molar-refractivity contribution in [3.63, 3.8) is 0 Å². The molecule has 1 saturated heterocycles. The summed E-state index contributed by atoms with van der Waals surface area (Å²) in [5, 5.41) is 23.0. The van der Waals surface area contributed by atoms with Crippen molar-refractivity contribution in [2.75, 3.05) is 20.3 Å². The van der Waals surface area contributed by atoms with Gasteiger partial charge in [-0.3, -0.25) is 4.65 Å². The highest BCUT2D eigenvalue weighted by Gasteiger charge is 2.46. The summed E-state index contributed by atoms with van der Waals surface area (Å²) in [6.45, 7) is 8.05. The third-order valence-electron chi connectivity index (χ3n) is 4.77. The number of alkyl halides is 1. The lowest BCUT2D eigenvalue weighted by Crippen LogP contribution is -2.51. The second-order valence-corrected chi connectivity index (χ2v) is 9.73. The highest BCUT2D eigenvalue weighted by Crippen LogP contribution is 2.37. The number of hydroxylamine groups is 2. The lowest BCUT2D eigenvalue weighted by molar-refractivity contribution is -0.161. The molecule has 3 rings (SSSR count). The van der Waals surface area contributed by atoms with Crippen LogP contribution in [-0.4, -0.2) is 53.7 Å². The number of aromatic nitrogens is 2. The smallest absolute Gasteiger partial charge is 0.351 e. The number of para-hydroxylation sites is 1. The molecule has 1 fully saturated rings. The average Bonchev–Trinajstić information content (AvgIpc) is 3.28. The van der Waals surface area contributed by atoms with Gasteiger partial charge in [-0.05, 0) is 31.4 Å². The van der Waals surface area contributed by atoms with Gasteiger partial charge in [0.2, 0.25) is 0 Å². The number of esters is 1. The van der Waals surface area contributed by atoms with E-state index in [2.05, 4.69) is 10.2 Å². The molecule has 0 N–H and O–H groups in total. The normalized spacial score (nSPS) is 23.4. The molecule has 0 saturated carbocycles. The van der Waals surface area contributed by atoms with Gasteiger partial charge in [0.05, 0.1) is 12.4 Å². The molecule has 1 aliphatic rings. The van der Waals surface area contributed by atoms with Crippen LogP contribution in [0.25, 0.3) is 0 Å². The van der Waals surface area contributed by atoms with Crippen LogP contribution in [0.1, 0.15) is 38.3 Å². The minimum absolute atomic E-state index is 0.126. The van der Waals surface area contributed by atoms with E-state index in [0.717, 1.165) is 10.6 Å². The number of quaternary nitrogens is 1. The number of halogens is 1. The molecule has 1 aromatic carbocycles. The molecular formula is C20H27ClN4O4S. The number of benzene rings is 1. The standard InChI is InChI=1S/C20H27ClN4O4S/c1-13(28-15-9-7-6-8-14(15)10-21)17(26)29-16-11-24(5)12-25(16,27)19-23-22-18(30-19)20(2,3)4/h6-9,13,16H,10-12H2,1-5H3. The summed E-state index contributed by atoms with van der Waals surface area (Å²) in [4.78, 5) is 14.5. The molecule has 1 aliphatic heterocycles. The molecule has 0 radical (unpaired) electrons. The van der Waals surface area contributed by atoms with Gasteiger partial charge in [0.1, 0.15) is 17.4 Å². The van der Waals surface area contributed by atoms with Crippen LogP contribution in [0, 0.1) is 5.21 Å². The van der Waals surface area contributed by atoms with E-state index in [9.17, 15) is 10.0 Å². The maximum Gasteiger partial charge on any atom is 0.351 e. The second kappa shape index (κ2) is 8.76. The number of carbonyl (C=O) groups excluding carboxylic acids is 1. The van der Waals surface area contributed by atoms with Gasteiger partial charge >= 0.3 is 11.1 Å². The Bertz CT molecular complexity index is 903. The Morgan fingerprint density at radius 3 is 2.73 bits per heavy atom. The van der Waals surface area contributed by atoms with E-state index in [0.29, 0.717) is 12.3 Å². The van der Waals surface area contributed by atoms with Crippen molar-refractivity contribution in [2.45, 2.75) is 51.3 Å². The topological polar surface area (TPSA) is 87.6 Å². The van der Waals surface area contributed by atoms with Gasteiger partial charge in [-0.15, -0.1) is 16.7 Å². The zero-order valence-electron chi connectivity index (χ0n) is 17.8. The van der Waals surface area contributed by atoms with Gasteiger partial charge in [0.15, 0.2) is 6.10 Å². The minimum atomic E-state index is -0.947. The fourth-order valence-electron chi connectivity index (χ4n) is 3.08. The summed E-state index contributed by atoms with van der Waals surface area (Å²) in [6.07, 6.45) is -1.84. The van der Waals surface area contributed by atoms with E-state index in [-0.39, 0.29) is 23.1 Å². The fourth-order valence-corrected chi connectivity index (χ4v) is 4.27. The molecule has 0 aliphatic carbocycles. The Kier molecular flexibility index (Phi) is 6.69. The number of hydrogen-bond acceptors (Lipinski definition) is 8. The Morgan fingerprint density at radius 1 is 1.40 bits per heavy atom. The van der Waals surface area contributed by atoms with Gasteiger partial charge < -0.3 is 14.7 Å². The Labute approximate surface area is 185 Å². The maximum absolute atomic E-state index is 13.7. The zero-order valence-corrected chi connectivity index (χ0v) is 19.4. The van der Waals surface area contributed by atoms with Crippen molar-refractivity contribution >= 4 is 34.0 Å². The van der Waals surface area contributed by atoms with Crippen LogP contribution in [0.2, 0.25) is 0 Å². The number of hydrogen-bond donors (Lipinski definition) is 0. The molecule has 2 heterocycles. The van der Waals surface area contributed by atoms with Gasteiger partial charge in [0.25, 0.3) is 6.23 Å². The van der Waals surface area contributed by atoms with E-state index >= 15 is 0 Å².